The van der Waals surface area contributed by atoms with Gasteiger partial charge in [-0.25, -0.2) is 4.79 Å². The maximum absolute atomic E-state index is 12.1. The van der Waals surface area contributed by atoms with Crippen LogP contribution in [0.4, 0.5) is 4.79 Å². The fourth-order valence-corrected chi connectivity index (χ4v) is 2.62. The molecule has 2 rings (SSSR count). The average molecular weight is 307 g/mol. The first-order valence-corrected chi connectivity index (χ1v) is 7.72. The molecule has 0 saturated carbocycles. The number of carbonyl (C=O) groups excluding carboxylic acids is 2. The number of carbonyl (C=O) groups is 2. The number of aromatic amines is 1. The Labute approximate surface area is 131 Å². The second-order valence-electron chi connectivity index (χ2n) is 6.66. The van der Waals surface area contributed by atoms with Gasteiger partial charge in [0.15, 0.2) is 5.78 Å². The van der Waals surface area contributed by atoms with E-state index in [0.717, 1.165) is 19.4 Å². The van der Waals surface area contributed by atoms with Crippen LogP contribution in [-0.2, 0) is 4.74 Å². The highest BCUT2D eigenvalue weighted by Crippen LogP contribution is 2.17. The molecular weight excluding hydrogens is 282 g/mol. The summed E-state index contributed by atoms with van der Waals surface area (Å²) in [6.45, 7) is 7.28. The molecule has 1 fully saturated rings. The minimum atomic E-state index is -0.497. The second-order valence-corrected chi connectivity index (χ2v) is 6.66. The monoisotopic (exact) mass is 307 g/mol. The molecule has 1 amide bonds. The first-order chi connectivity index (χ1) is 10.3. The van der Waals surface area contributed by atoms with E-state index in [0.29, 0.717) is 18.8 Å². The maximum Gasteiger partial charge on any atom is 0.407 e. The number of amides is 1. The van der Waals surface area contributed by atoms with Crippen LogP contribution in [0.15, 0.2) is 18.3 Å². The van der Waals surface area contributed by atoms with E-state index in [1.54, 1.807) is 12.3 Å². The van der Waals surface area contributed by atoms with Crippen molar-refractivity contribution in [3.63, 3.8) is 0 Å². The quantitative estimate of drug-likeness (QED) is 0.818. The highest BCUT2D eigenvalue weighted by Gasteiger charge is 2.27. The Morgan fingerprint density at radius 2 is 2.23 bits per heavy atom. The van der Waals surface area contributed by atoms with Gasteiger partial charge in [0.25, 0.3) is 0 Å². The van der Waals surface area contributed by atoms with E-state index in [1.807, 2.05) is 26.8 Å². The molecule has 1 aromatic rings. The third-order valence-corrected chi connectivity index (χ3v) is 3.63. The molecule has 0 aliphatic carbocycles. The Morgan fingerprint density at radius 1 is 1.45 bits per heavy atom. The van der Waals surface area contributed by atoms with Gasteiger partial charge in [0.05, 0.1) is 12.2 Å². The highest BCUT2D eigenvalue weighted by molar-refractivity contribution is 5.95. The van der Waals surface area contributed by atoms with E-state index in [2.05, 4.69) is 15.2 Å². The first-order valence-electron chi connectivity index (χ1n) is 7.72. The van der Waals surface area contributed by atoms with Crippen molar-refractivity contribution in [3.05, 3.63) is 24.0 Å². The van der Waals surface area contributed by atoms with Crippen molar-refractivity contribution < 1.29 is 14.3 Å². The molecule has 0 spiro atoms. The SMILES string of the molecule is CC(C)(C)OC(=O)NC[C@@H]1CCCN1CC(=O)c1ccc[nH]1. The number of Topliss-reactive ketones (excluding diaryl/α,β-unsaturated/α-hetero) is 1. The van der Waals surface area contributed by atoms with Gasteiger partial charge in [-0.05, 0) is 52.3 Å². The molecule has 1 saturated heterocycles. The van der Waals surface area contributed by atoms with Gasteiger partial charge in [0.2, 0.25) is 0 Å². The molecule has 1 aliphatic rings. The van der Waals surface area contributed by atoms with Crippen LogP contribution in [0.1, 0.15) is 44.1 Å². The molecule has 22 heavy (non-hydrogen) atoms. The number of H-pyrrole nitrogens is 1. The van der Waals surface area contributed by atoms with Crippen LogP contribution < -0.4 is 5.32 Å². The molecule has 6 heteroatoms. The summed E-state index contributed by atoms with van der Waals surface area (Å²) in [5.74, 6) is 0.0779. The molecule has 2 heterocycles. The van der Waals surface area contributed by atoms with E-state index in [1.165, 1.54) is 0 Å². The van der Waals surface area contributed by atoms with Gasteiger partial charge in [-0.1, -0.05) is 0 Å². The molecule has 0 bridgehead atoms. The van der Waals surface area contributed by atoms with Crippen molar-refractivity contribution in [2.45, 2.75) is 45.3 Å². The van der Waals surface area contributed by atoms with E-state index in [4.69, 9.17) is 4.74 Å². The number of likely N-dealkylation sites (tertiary alicyclic amines) is 1. The Morgan fingerprint density at radius 3 is 2.86 bits per heavy atom. The normalized spacial score (nSPS) is 19.1. The summed E-state index contributed by atoms with van der Waals surface area (Å²) in [6.07, 6.45) is 3.36. The molecule has 1 aromatic heterocycles. The van der Waals surface area contributed by atoms with Crippen LogP contribution in [-0.4, -0.2) is 53.0 Å². The van der Waals surface area contributed by atoms with Crippen LogP contribution in [0.2, 0.25) is 0 Å². The minimum Gasteiger partial charge on any atom is -0.444 e. The number of ketones is 1. The number of aromatic nitrogens is 1. The van der Waals surface area contributed by atoms with E-state index >= 15 is 0 Å². The standard InChI is InChI=1S/C16H25N3O3/c1-16(2,3)22-15(21)18-10-12-6-5-9-19(12)11-14(20)13-7-4-8-17-13/h4,7-8,12,17H,5-6,9-11H2,1-3H3,(H,18,21)/t12-/m0/s1. The van der Waals surface area contributed by atoms with Gasteiger partial charge in [-0.2, -0.15) is 0 Å². The number of nitrogens with one attached hydrogen (secondary N) is 2. The zero-order valence-corrected chi connectivity index (χ0v) is 13.5. The van der Waals surface area contributed by atoms with Crippen LogP contribution in [0.5, 0.6) is 0 Å². The number of hydrogen-bond donors (Lipinski definition) is 2. The number of rotatable bonds is 5. The molecule has 122 valence electrons. The Hall–Kier alpha value is -1.82. The van der Waals surface area contributed by atoms with Crippen molar-refractivity contribution in [2.75, 3.05) is 19.6 Å². The van der Waals surface area contributed by atoms with Crippen molar-refractivity contribution in [2.24, 2.45) is 0 Å². The summed E-state index contributed by atoms with van der Waals surface area (Å²) in [6, 6.07) is 3.79. The lowest BCUT2D eigenvalue weighted by Gasteiger charge is -2.25. The van der Waals surface area contributed by atoms with E-state index in [9.17, 15) is 9.59 Å². The summed E-state index contributed by atoms with van der Waals surface area (Å²) >= 11 is 0. The van der Waals surface area contributed by atoms with E-state index < -0.39 is 11.7 Å². The molecule has 6 nitrogen and oxygen atoms in total. The Balaban J connectivity index is 1.81. The summed E-state index contributed by atoms with van der Waals surface area (Å²) < 4.78 is 5.23. The number of hydrogen-bond acceptors (Lipinski definition) is 4. The number of nitrogens with zero attached hydrogens (tertiary/aromatic N) is 1. The summed E-state index contributed by atoms with van der Waals surface area (Å²) in [4.78, 5) is 28.9. The second kappa shape index (κ2) is 6.96. The third-order valence-electron chi connectivity index (χ3n) is 3.63. The fourth-order valence-electron chi connectivity index (χ4n) is 2.62. The lowest BCUT2D eigenvalue weighted by molar-refractivity contribution is 0.0514. The van der Waals surface area contributed by atoms with Gasteiger partial charge < -0.3 is 15.0 Å². The van der Waals surface area contributed by atoms with Crippen molar-refractivity contribution in [1.82, 2.24) is 15.2 Å². The molecule has 1 aliphatic heterocycles. The van der Waals surface area contributed by atoms with Crippen LogP contribution in [0.25, 0.3) is 0 Å². The molecule has 0 unspecified atom stereocenters. The molecule has 1 atom stereocenters. The zero-order valence-electron chi connectivity index (χ0n) is 13.5. The van der Waals surface area contributed by atoms with Crippen molar-refractivity contribution in [3.8, 4) is 0 Å². The first kappa shape index (κ1) is 16.5. The smallest absolute Gasteiger partial charge is 0.407 e. The highest BCUT2D eigenvalue weighted by atomic mass is 16.6. The number of alkyl carbamates (subject to hydrolysis) is 1. The summed E-state index contributed by atoms with van der Waals surface area (Å²) in [5.41, 5.74) is 0.133. The van der Waals surface area contributed by atoms with Crippen molar-refractivity contribution in [1.29, 1.82) is 0 Å². The fraction of sp³-hybridized carbons (Fsp3) is 0.625. The van der Waals surface area contributed by atoms with Gasteiger partial charge in [0, 0.05) is 18.8 Å². The maximum atomic E-state index is 12.1. The van der Waals surface area contributed by atoms with Crippen LogP contribution >= 0.6 is 0 Å². The van der Waals surface area contributed by atoms with Gasteiger partial charge in [-0.15, -0.1) is 0 Å². The van der Waals surface area contributed by atoms with Gasteiger partial charge >= 0.3 is 6.09 Å². The molecular formula is C16H25N3O3. The zero-order chi connectivity index (χ0) is 16.2. The van der Waals surface area contributed by atoms with Gasteiger partial charge in [-0.3, -0.25) is 9.69 Å². The third kappa shape index (κ3) is 4.87. The topological polar surface area (TPSA) is 74.4 Å². The predicted octanol–water partition coefficient (Wildman–Crippen LogP) is 2.19. The minimum absolute atomic E-state index is 0.0779. The van der Waals surface area contributed by atoms with E-state index in [-0.39, 0.29) is 11.8 Å². The van der Waals surface area contributed by atoms with Crippen LogP contribution in [0, 0.1) is 0 Å². The predicted molar refractivity (Wildman–Crippen MR) is 84.0 cm³/mol. The summed E-state index contributed by atoms with van der Waals surface area (Å²) in [7, 11) is 0. The van der Waals surface area contributed by atoms with Gasteiger partial charge in [0.1, 0.15) is 5.60 Å². The Kier molecular flexibility index (Phi) is 5.24. The lowest BCUT2D eigenvalue weighted by Crippen LogP contribution is -2.43. The number of ether oxygens (including phenoxy) is 1. The van der Waals surface area contributed by atoms with Crippen molar-refractivity contribution >= 4 is 11.9 Å². The largest absolute Gasteiger partial charge is 0.444 e. The molecule has 2 N–H and O–H groups in total. The average Bonchev–Trinajstić information content (AvgIpc) is 3.05. The molecule has 0 aromatic carbocycles. The van der Waals surface area contributed by atoms with Crippen LogP contribution in [0.3, 0.4) is 0 Å². The summed E-state index contributed by atoms with van der Waals surface area (Å²) in [5, 5.41) is 2.80. The Bertz CT molecular complexity index is 505. The molecule has 0 radical (unpaired) electrons. The lowest BCUT2D eigenvalue weighted by atomic mass is 10.2.